The van der Waals surface area contributed by atoms with Crippen LogP contribution in [0.25, 0.3) is 0 Å². The second-order valence-electron chi connectivity index (χ2n) is 2.73. The quantitative estimate of drug-likeness (QED) is 0.450. The molecule has 0 unspecified atom stereocenters. The molecule has 1 aromatic rings. The van der Waals surface area contributed by atoms with Gasteiger partial charge in [-0.15, -0.1) is 0 Å². The van der Waals surface area contributed by atoms with Gasteiger partial charge in [0.2, 0.25) is 0 Å². The van der Waals surface area contributed by atoms with Crippen molar-refractivity contribution in [2.24, 2.45) is 0 Å². The molecule has 16 heavy (non-hydrogen) atoms. The van der Waals surface area contributed by atoms with Crippen LogP contribution < -0.4 is 0 Å². The molecule has 0 aromatic heterocycles. The number of rotatable bonds is 3. The molecule has 0 fully saturated rings. The van der Waals surface area contributed by atoms with Crippen LogP contribution in [0.5, 0.6) is 0 Å². The summed E-state index contributed by atoms with van der Waals surface area (Å²) in [7, 11) is -2.88. The van der Waals surface area contributed by atoms with Gasteiger partial charge in [-0.3, -0.25) is 0 Å². The molecule has 0 aliphatic rings. The van der Waals surface area contributed by atoms with E-state index in [0.29, 0.717) is 5.56 Å². The van der Waals surface area contributed by atoms with Crippen molar-refractivity contribution in [3.8, 4) is 0 Å². The summed E-state index contributed by atoms with van der Waals surface area (Å²) in [5.74, 6) is -0.358. The molecule has 5 nitrogen and oxygen atoms in total. The summed E-state index contributed by atoms with van der Waals surface area (Å²) in [6.07, 6.45) is -1.23. The number of ether oxygens (including phenoxy) is 1. The summed E-state index contributed by atoms with van der Waals surface area (Å²) in [4.78, 5) is 10.6. The predicted octanol–water partition coefficient (Wildman–Crippen LogP) is 0.651. The average Bonchev–Trinajstić information content (AvgIpc) is 2.17. The molecule has 0 amide bonds. The Labute approximate surface area is 116 Å². The third-order valence-corrected chi connectivity index (χ3v) is 2.62. The van der Waals surface area contributed by atoms with Crippen molar-refractivity contribution in [1.82, 2.24) is 0 Å². The van der Waals surface area contributed by atoms with Crippen LogP contribution in [0, 0.1) is 0 Å². The number of hydrogen-bond donors (Lipinski definition) is 0. The summed E-state index contributed by atoms with van der Waals surface area (Å²) in [6, 6.07) is 8.40. The molecule has 84 valence electrons. The van der Waals surface area contributed by atoms with Gasteiger partial charge in [0.05, 0.1) is 7.11 Å². The SMILES string of the molecule is COC(=O)OS(=O)(=O)Cc1ccccc1.[NaH]. The Balaban J connectivity index is 0.00000225. The molecule has 1 rings (SSSR count). The molecule has 0 radical (unpaired) electrons. The number of hydrogen-bond acceptors (Lipinski definition) is 5. The first-order valence-electron chi connectivity index (χ1n) is 4.07. The predicted molar refractivity (Wildman–Crippen MR) is 59.7 cm³/mol. The summed E-state index contributed by atoms with van der Waals surface area (Å²) in [5, 5.41) is 0. The normalized spacial score (nSPS) is 10.1. The Kier molecular flexibility index (Phi) is 6.66. The molecular formula is C9H11NaO5S. The van der Waals surface area contributed by atoms with Gasteiger partial charge in [0.25, 0.3) is 0 Å². The maximum atomic E-state index is 11.2. The van der Waals surface area contributed by atoms with Gasteiger partial charge in [0, 0.05) is 0 Å². The van der Waals surface area contributed by atoms with E-state index < -0.39 is 16.3 Å². The Morgan fingerprint density at radius 1 is 1.25 bits per heavy atom. The maximum absolute atomic E-state index is 11.2. The molecule has 7 heteroatoms. The monoisotopic (exact) mass is 254 g/mol. The van der Waals surface area contributed by atoms with Crippen molar-refractivity contribution < 1.29 is 22.1 Å². The molecule has 0 spiro atoms. The van der Waals surface area contributed by atoms with Crippen molar-refractivity contribution in [2.45, 2.75) is 5.75 Å². The Morgan fingerprint density at radius 2 is 1.81 bits per heavy atom. The van der Waals surface area contributed by atoms with Gasteiger partial charge < -0.3 is 8.92 Å². The van der Waals surface area contributed by atoms with Crippen LogP contribution in [-0.2, 0) is 24.8 Å². The molecule has 1 aromatic carbocycles. The van der Waals surface area contributed by atoms with Crippen LogP contribution in [0.15, 0.2) is 30.3 Å². The molecule has 0 saturated carbocycles. The van der Waals surface area contributed by atoms with Crippen molar-refractivity contribution in [1.29, 1.82) is 0 Å². The van der Waals surface area contributed by atoms with E-state index in [1.165, 1.54) is 0 Å². The van der Waals surface area contributed by atoms with E-state index in [0.717, 1.165) is 7.11 Å². The van der Waals surface area contributed by atoms with E-state index in [1.54, 1.807) is 30.3 Å². The van der Waals surface area contributed by atoms with Gasteiger partial charge in [0.1, 0.15) is 5.75 Å². The average molecular weight is 254 g/mol. The van der Waals surface area contributed by atoms with Crippen molar-refractivity contribution >= 4 is 45.8 Å². The van der Waals surface area contributed by atoms with Crippen molar-refractivity contribution in [3.63, 3.8) is 0 Å². The second kappa shape index (κ2) is 6.90. The summed E-state index contributed by atoms with van der Waals surface area (Å²) >= 11 is 0. The molecule has 0 atom stereocenters. The van der Waals surface area contributed by atoms with Crippen molar-refractivity contribution in [3.05, 3.63) is 35.9 Å². The van der Waals surface area contributed by atoms with E-state index in [2.05, 4.69) is 8.92 Å². The van der Waals surface area contributed by atoms with Gasteiger partial charge in [-0.25, -0.2) is 4.79 Å². The molecular weight excluding hydrogens is 243 g/mol. The van der Waals surface area contributed by atoms with Crippen LogP contribution in [0.3, 0.4) is 0 Å². The van der Waals surface area contributed by atoms with Crippen LogP contribution >= 0.6 is 0 Å². The molecule has 0 bridgehead atoms. The third kappa shape index (κ3) is 5.50. The molecule has 0 saturated heterocycles. The van der Waals surface area contributed by atoms with Crippen LogP contribution in [-0.4, -0.2) is 51.2 Å². The minimum atomic E-state index is -3.92. The van der Waals surface area contributed by atoms with E-state index >= 15 is 0 Å². The summed E-state index contributed by atoms with van der Waals surface area (Å²) in [5.41, 5.74) is 0.543. The Bertz CT molecular complexity index is 428. The van der Waals surface area contributed by atoms with Crippen LogP contribution in [0.1, 0.15) is 5.56 Å². The van der Waals surface area contributed by atoms with Gasteiger partial charge in [-0.1, -0.05) is 30.3 Å². The fraction of sp³-hybridized carbons (Fsp3) is 0.222. The standard InChI is InChI=1S/C9H10O5S.Na.H/c1-13-9(10)14-15(11,12)7-8-5-3-2-4-6-8;;/h2-6H,7H2,1H3;;. The van der Waals surface area contributed by atoms with Crippen LogP contribution in [0.2, 0.25) is 0 Å². The van der Waals surface area contributed by atoms with E-state index in [4.69, 9.17) is 0 Å². The minimum absolute atomic E-state index is 0. The zero-order chi connectivity index (χ0) is 11.3. The number of carbonyl (C=O) groups is 1. The topological polar surface area (TPSA) is 69.7 Å². The first kappa shape index (κ1) is 15.4. The molecule has 0 N–H and O–H groups in total. The van der Waals surface area contributed by atoms with Gasteiger partial charge in [-0.05, 0) is 5.56 Å². The van der Waals surface area contributed by atoms with E-state index in [1.807, 2.05) is 0 Å². The first-order chi connectivity index (χ1) is 7.03. The molecule has 0 aliphatic heterocycles. The molecule has 0 aliphatic carbocycles. The first-order valence-corrected chi connectivity index (χ1v) is 5.65. The Morgan fingerprint density at radius 3 is 2.31 bits per heavy atom. The Hall–Kier alpha value is -0.560. The van der Waals surface area contributed by atoms with Crippen LogP contribution in [0.4, 0.5) is 4.79 Å². The fourth-order valence-electron chi connectivity index (χ4n) is 0.946. The number of benzene rings is 1. The molecule has 0 heterocycles. The number of carbonyl (C=O) groups excluding carboxylic acids is 1. The summed E-state index contributed by atoms with van der Waals surface area (Å²) < 4.78 is 30.7. The number of methoxy groups -OCH3 is 1. The summed E-state index contributed by atoms with van der Waals surface area (Å²) in [6.45, 7) is 0. The van der Waals surface area contributed by atoms with Crippen molar-refractivity contribution in [2.75, 3.05) is 7.11 Å². The fourth-order valence-corrected chi connectivity index (χ4v) is 1.88. The van der Waals surface area contributed by atoms with E-state index in [9.17, 15) is 13.2 Å². The zero-order valence-electron chi connectivity index (χ0n) is 8.04. The zero-order valence-corrected chi connectivity index (χ0v) is 8.86. The van der Waals surface area contributed by atoms with Gasteiger partial charge in [-0.2, -0.15) is 8.42 Å². The third-order valence-electron chi connectivity index (χ3n) is 1.55. The second-order valence-corrected chi connectivity index (χ2v) is 4.30. The van der Waals surface area contributed by atoms with Gasteiger partial charge >= 0.3 is 45.8 Å². The van der Waals surface area contributed by atoms with E-state index in [-0.39, 0.29) is 35.3 Å². The van der Waals surface area contributed by atoms with Gasteiger partial charge in [0.15, 0.2) is 0 Å².